The fraction of sp³-hybridized carbons (Fsp3) is 0.250. The predicted molar refractivity (Wildman–Crippen MR) is 66.8 cm³/mol. The summed E-state index contributed by atoms with van der Waals surface area (Å²) in [4.78, 5) is 4.21. The van der Waals surface area contributed by atoms with Gasteiger partial charge in [-0.1, -0.05) is 23.9 Å². The lowest BCUT2D eigenvalue weighted by molar-refractivity contribution is -0.137. The van der Waals surface area contributed by atoms with Crippen LogP contribution < -0.4 is 0 Å². The highest BCUT2D eigenvalue weighted by molar-refractivity contribution is 7.98. The molecule has 1 aromatic carbocycles. The van der Waals surface area contributed by atoms with Crippen molar-refractivity contribution in [3.8, 4) is 11.3 Å². The molecule has 0 radical (unpaired) electrons. The minimum Gasteiger partial charge on any atom is -0.219 e. The average Bonchev–Trinajstić information content (AvgIpc) is 2.38. The van der Waals surface area contributed by atoms with E-state index in [1.807, 2.05) is 0 Å². The van der Waals surface area contributed by atoms with Crippen LogP contribution in [0.25, 0.3) is 11.3 Å². The molecule has 0 unspecified atom stereocenters. The van der Waals surface area contributed by atoms with Crippen LogP contribution in [0, 0.1) is 6.92 Å². The molecule has 0 N–H and O–H groups in total. The highest BCUT2D eigenvalue weighted by Crippen LogP contribution is 2.32. The van der Waals surface area contributed by atoms with E-state index in [1.54, 1.807) is 19.2 Å². The molecule has 0 aliphatic rings. The van der Waals surface area contributed by atoms with Crippen LogP contribution in [-0.2, 0) is 6.18 Å². The smallest absolute Gasteiger partial charge is 0.219 e. The Morgan fingerprint density at radius 3 is 2.53 bits per heavy atom. The first-order chi connectivity index (χ1) is 8.91. The number of rotatable bonds is 2. The summed E-state index contributed by atoms with van der Waals surface area (Å²) in [6.45, 7) is 1.67. The number of benzene rings is 1. The van der Waals surface area contributed by atoms with Gasteiger partial charge in [-0.15, -0.1) is 5.10 Å². The number of aromatic nitrogens is 3. The molecular weight excluding hydrogens is 275 g/mol. The van der Waals surface area contributed by atoms with Crippen LogP contribution in [-0.4, -0.2) is 21.4 Å². The Balaban J connectivity index is 2.53. The zero-order chi connectivity index (χ0) is 14.0. The first kappa shape index (κ1) is 13.8. The molecule has 19 heavy (non-hydrogen) atoms. The number of nitrogens with zero attached hydrogens (tertiary/aromatic N) is 3. The van der Waals surface area contributed by atoms with E-state index in [-0.39, 0.29) is 0 Å². The van der Waals surface area contributed by atoms with E-state index in [2.05, 4.69) is 15.2 Å². The number of alkyl halides is 3. The van der Waals surface area contributed by atoms with Crippen LogP contribution in [0.4, 0.5) is 13.2 Å². The van der Waals surface area contributed by atoms with E-state index < -0.39 is 11.7 Å². The summed E-state index contributed by atoms with van der Waals surface area (Å²) in [6.07, 6.45) is -2.59. The Hall–Kier alpha value is -1.63. The molecule has 100 valence electrons. The molecule has 0 saturated heterocycles. The van der Waals surface area contributed by atoms with Crippen molar-refractivity contribution in [1.82, 2.24) is 15.2 Å². The van der Waals surface area contributed by atoms with E-state index >= 15 is 0 Å². The largest absolute Gasteiger partial charge is 0.416 e. The molecule has 0 bridgehead atoms. The second-order valence-corrected chi connectivity index (χ2v) is 4.58. The quantitative estimate of drug-likeness (QED) is 0.790. The van der Waals surface area contributed by atoms with Gasteiger partial charge < -0.3 is 0 Å². The number of hydrogen-bond donors (Lipinski definition) is 0. The van der Waals surface area contributed by atoms with Crippen molar-refractivity contribution >= 4 is 11.8 Å². The fourth-order valence-corrected chi connectivity index (χ4v) is 1.87. The van der Waals surface area contributed by atoms with Crippen molar-refractivity contribution in [3.63, 3.8) is 0 Å². The molecule has 2 rings (SSSR count). The van der Waals surface area contributed by atoms with Crippen molar-refractivity contribution in [1.29, 1.82) is 0 Å². The second kappa shape index (κ2) is 5.16. The summed E-state index contributed by atoms with van der Waals surface area (Å²) in [6, 6.07) is 5.04. The standard InChI is InChI=1S/C12H10F3N3S/c1-7-10(16-11(19-2)18-17-7)8-4-3-5-9(6-8)12(13,14)15/h3-6H,1-2H3. The topological polar surface area (TPSA) is 38.7 Å². The van der Waals surface area contributed by atoms with Gasteiger partial charge in [0.1, 0.15) is 0 Å². The Labute approximate surface area is 112 Å². The third kappa shape index (κ3) is 3.04. The molecule has 0 atom stereocenters. The number of halogens is 3. The Kier molecular flexibility index (Phi) is 3.75. The molecule has 2 aromatic rings. The molecule has 0 spiro atoms. The van der Waals surface area contributed by atoms with Crippen molar-refractivity contribution < 1.29 is 13.2 Å². The minimum atomic E-state index is -4.37. The molecular formula is C12H10F3N3S. The molecule has 1 heterocycles. The van der Waals surface area contributed by atoms with Gasteiger partial charge in [0.2, 0.25) is 5.16 Å². The second-order valence-electron chi connectivity index (χ2n) is 3.81. The normalized spacial score (nSPS) is 11.6. The minimum absolute atomic E-state index is 0.387. The van der Waals surface area contributed by atoms with Crippen molar-refractivity contribution in [3.05, 3.63) is 35.5 Å². The summed E-state index contributed by atoms with van der Waals surface area (Å²) in [7, 11) is 0. The summed E-state index contributed by atoms with van der Waals surface area (Å²) in [5.41, 5.74) is 0.605. The van der Waals surface area contributed by atoms with Gasteiger partial charge >= 0.3 is 6.18 Å². The molecule has 0 saturated carbocycles. The summed E-state index contributed by atoms with van der Waals surface area (Å²) in [5, 5.41) is 8.17. The molecule has 7 heteroatoms. The molecule has 0 fully saturated rings. The van der Waals surface area contributed by atoms with E-state index in [9.17, 15) is 13.2 Å². The SMILES string of the molecule is CSc1nnc(C)c(-c2cccc(C(F)(F)F)c2)n1. The lowest BCUT2D eigenvalue weighted by atomic mass is 10.1. The molecule has 1 aromatic heterocycles. The van der Waals surface area contributed by atoms with E-state index in [1.165, 1.54) is 17.8 Å². The summed E-state index contributed by atoms with van der Waals surface area (Å²) in [5.74, 6) is 0. The van der Waals surface area contributed by atoms with E-state index in [0.29, 0.717) is 22.1 Å². The van der Waals surface area contributed by atoms with Gasteiger partial charge in [0.25, 0.3) is 0 Å². The maximum Gasteiger partial charge on any atom is 0.416 e. The maximum atomic E-state index is 12.7. The van der Waals surface area contributed by atoms with Crippen LogP contribution in [0.2, 0.25) is 0 Å². The van der Waals surface area contributed by atoms with Gasteiger partial charge in [0, 0.05) is 5.56 Å². The molecule has 0 aliphatic carbocycles. The van der Waals surface area contributed by atoms with Crippen molar-refractivity contribution in [2.45, 2.75) is 18.3 Å². The molecule has 0 aliphatic heterocycles. The zero-order valence-corrected chi connectivity index (χ0v) is 11.0. The van der Waals surface area contributed by atoms with Gasteiger partial charge in [0.05, 0.1) is 17.0 Å². The van der Waals surface area contributed by atoms with Gasteiger partial charge in [0.15, 0.2) is 0 Å². The van der Waals surface area contributed by atoms with Crippen LogP contribution in [0.3, 0.4) is 0 Å². The Bertz CT molecular complexity index is 599. The van der Waals surface area contributed by atoms with Crippen molar-refractivity contribution in [2.75, 3.05) is 6.26 Å². The first-order valence-electron chi connectivity index (χ1n) is 5.35. The monoisotopic (exact) mass is 285 g/mol. The number of aryl methyl sites for hydroxylation is 1. The predicted octanol–water partition coefficient (Wildman–Crippen LogP) is 3.59. The number of hydrogen-bond acceptors (Lipinski definition) is 4. The van der Waals surface area contributed by atoms with E-state index in [4.69, 9.17) is 0 Å². The van der Waals surface area contributed by atoms with E-state index in [0.717, 1.165) is 12.1 Å². The first-order valence-corrected chi connectivity index (χ1v) is 6.57. The number of thioether (sulfide) groups is 1. The highest BCUT2D eigenvalue weighted by atomic mass is 32.2. The average molecular weight is 285 g/mol. The zero-order valence-electron chi connectivity index (χ0n) is 10.2. The van der Waals surface area contributed by atoms with Crippen LogP contribution >= 0.6 is 11.8 Å². The fourth-order valence-electron chi connectivity index (χ4n) is 1.57. The van der Waals surface area contributed by atoms with Gasteiger partial charge in [-0.05, 0) is 25.3 Å². The lowest BCUT2D eigenvalue weighted by Crippen LogP contribution is -2.05. The summed E-state index contributed by atoms with van der Waals surface area (Å²) < 4.78 is 38.0. The lowest BCUT2D eigenvalue weighted by Gasteiger charge is -2.09. The molecule has 0 amide bonds. The Morgan fingerprint density at radius 1 is 1.16 bits per heavy atom. The maximum absolute atomic E-state index is 12.7. The van der Waals surface area contributed by atoms with Crippen LogP contribution in [0.15, 0.2) is 29.4 Å². The summed E-state index contributed by atoms with van der Waals surface area (Å²) >= 11 is 1.29. The highest BCUT2D eigenvalue weighted by Gasteiger charge is 2.30. The van der Waals surface area contributed by atoms with Crippen molar-refractivity contribution in [2.24, 2.45) is 0 Å². The van der Waals surface area contributed by atoms with Crippen LogP contribution in [0.1, 0.15) is 11.3 Å². The van der Waals surface area contributed by atoms with Gasteiger partial charge in [-0.25, -0.2) is 4.98 Å². The third-order valence-electron chi connectivity index (χ3n) is 2.48. The Morgan fingerprint density at radius 2 is 1.89 bits per heavy atom. The van der Waals surface area contributed by atoms with Gasteiger partial charge in [-0.2, -0.15) is 18.3 Å². The van der Waals surface area contributed by atoms with Crippen LogP contribution in [0.5, 0.6) is 0 Å². The van der Waals surface area contributed by atoms with Gasteiger partial charge in [-0.3, -0.25) is 0 Å². The third-order valence-corrected chi connectivity index (χ3v) is 3.02. The molecule has 3 nitrogen and oxygen atoms in total.